The van der Waals surface area contributed by atoms with Crippen LogP contribution in [0.5, 0.6) is 5.75 Å². The third-order valence-corrected chi connectivity index (χ3v) is 2.43. The van der Waals surface area contributed by atoms with E-state index in [0.29, 0.717) is 13.0 Å². The van der Waals surface area contributed by atoms with Crippen molar-refractivity contribution < 1.29 is 14.6 Å². The fourth-order valence-corrected chi connectivity index (χ4v) is 1.51. The average molecular weight is 234 g/mol. The van der Waals surface area contributed by atoms with Crippen LogP contribution in [0.25, 0.3) is 5.57 Å². The van der Waals surface area contributed by atoms with Gasteiger partial charge in [0.25, 0.3) is 0 Å². The zero-order chi connectivity index (χ0) is 12.7. The lowest BCUT2D eigenvalue weighted by Gasteiger charge is -2.05. The zero-order valence-corrected chi connectivity index (χ0v) is 10.3. The van der Waals surface area contributed by atoms with Crippen LogP contribution in [-0.2, 0) is 4.79 Å². The number of aliphatic carboxylic acids is 1. The summed E-state index contributed by atoms with van der Waals surface area (Å²) in [5.41, 5.74) is 2.19. The molecule has 1 aromatic rings. The van der Waals surface area contributed by atoms with E-state index in [1.165, 1.54) is 0 Å². The van der Waals surface area contributed by atoms with E-state index >= 15 is 0 Å². The van der Waals surface area contributed by atoms with Gasteiger partial charge in [-0.3, -0.25) is 4.79 Å². The van der Waals surface area contributed by atoms with Crippen LogP contribution in [0.15, 0.2) is 30.3 Å². The first-order valence-electron chi connectivity index (χ1n) is 5.75. The van der Waals surface area contributed by atoms with E-state index in [1.54, 1.807) is 0 Å². The zero-order valence-electron chi connectivity index (χ0n) is 10.3. The summed E-state index contributed by atoms with van der Waals surface area (Å²) in [5.74, 6) is 0.0929. The highest BCUT2D eigenvalue weighted by atomic mass is 16.5. The third-order valence-electron chi connectivity index (χ3n) is 2.43. The third kappa shape index (κ3) is 4.72. The second-order valence-corrected chi connectivity index (χ2v) is 3.78. The summed E-state index contributed by atoms with van der Waals surface area (Å²) < 4.78 is 5.36. The predicted octanol–water partition coefficient (Wildman–Crippen LogP) is 3.35. The summed E-state index contributed by atoms with van der Waals surface area (Å²) in [6, 6.07) is 7.82. The first-order valence-corrected chi connectivity index (χ1v) is 5.75. The molecule has 0 heterocycles. The summed E-state index contributed by atoms with van der Waals surface area (Å²) >= 11 is 0. The molecule has 0 bridgehead atoms. The van der Waals surface area contributed by atoms with Gasteiger partial charge in [0.2, 0.25) is 0 Å². The molecule has 0 fully saturated rings. The maximum Gasteiger partial charge on any atom is 0.303 e. The molecule has 1 aromatic carbocycles. The summed E-state index contributed by atoms with van der Waals surface area (Å²) in [4.78, 5) is 10.4. The standard InChI is InChI=1S/C14H18O3/c1-3-17-13-9-7-12(8-10-13)11(2)5-4-6-14(15)16/h5,7-10H,3-4,6H2,1-2H3,(H,15,16)/b11-5+. The monoisotopic (exact) mass is 234 g/mol. The molecule has 1 rings (SSSR count). The second kappa shape index (κ2) is 6.74. The van der Waals surface area contributed by atoms with Gasteiger partial charge in [-0.15, -0.1) is 0 Å². The van der Waals surface area contributed by atoms with Gasteiger partial charge in [0.05, 0.1) is 6.61 Å². The minimum atomic E-state index is -0.763. The molecular weight excluding hydrogens is 216 g/mol. The number of allylic oxidation sites excluding steroid dienone is 2. The first-order chi connectivity index (χ1) is 8.13. The Labute approximate surface area is 102 Å². The molecule has 0 aliphatic carbocycles. The van der Waals surface area contributed by atoms with Crippen molar-refractivity contribution >= 4 is 11.5 Å². The highest BCUT2D eigenvalue weighted by Crippen LogP contribution is 2.19. The summed E-state index contributed by atoms with van der Waals surface area (Å²) in [6.45, 7) is 4.59. The number of hydrogen-bond donors (Lipinski definition) is 1. The lowest BCUT2D eigenvalue weighted by molar-refractivity contribution is -0.136. The molecule has 0 radical (unpaired) electrons. The molecule has 0 spiro atoms. The first kappa shape index (κ1) is 13.3. The number of hydrogen-bond acceptors (Lipinski definition) is 2. The van der Waals surface area contributed by atoms with Gasteiger partial charge in [-0.1, -0.05) is 18.2 Å². The topological polar surface area (TPSA) is 46.5 Å². The van der Waals surface area contributed by atoms with E-state index in [2.05, 4.69) is 0 Å². The summed E-state index contributed by atoms with van der Waals surface area (Å²) in [7, 11) is 0. The lowest BCUT2D eigenvalue weighted by atomic mass is 10.1. The van der Waals surface area contributed by atoms with Gasteiger partial charge >= 0.3 is 5.97 Å². The second-order valence-electron chi connectivity index (χ2n) is 3.78. The van der Waals surface area contributed by atoms with Crippen LogP contribution in [0.1, 0.15) is 32.3 Å². The van der Waals surface area contributed by atoms with E-state index in [0.717, 1.165) is 16.9 Å². The molecule has 3 heteroatoms. The fourth-order valence-electron chi connectivity index (χ4n) is 1.51. The van der Waals surface area contributed by atoms with Crippen LogP contribution in [0.3, 0.4) is 0 Å². The highest BCUT2D eigenvalue weighted by Gasteiger charge is 1.98. The Balaban J connectivity index is 2.62. The average Bonchev–Trinajstić information content (AvgIpc) is 2.30. The van der Waals surface area contributed by atoms with Crippen molar-refractivity contribution in [2.24, 2.45) is 0 Å². The minimum Gasteiger partial charge on any atom is -0.494 e. The van der Waals surface area contributed by atoms with E-state index in [4.69, 9.17) is 9.84 Å². The molecule has 0 aromatic heterocycles. The van der Waals surface area contributed by atoms with Crippen molar-refractivity contribution in [2.45, 2.75) is 26.7 Å². The Morgan fingerprint density at radius 1 is 1.35 bits per heavy atom. The normalized spacial score (nSPS) is 11.3. The number of carboxylic acid groups (broad SMARTS) is 1. The van der Waals surface area contributed by atoms with Gasteiger partial charge in [-0.2, -0.15) is 0 Å². The van der Waals surface area contributed by atoms with Gasteiger partial charge in [0.1, 0.15) is 5.75 Å². The number of ether oxygens (including phenoxy) is 1. The molecular formula is C14H18O3. The van der Waals surface area contributed by atoms with Crippen molar-refractivity contribution in [3.8, 4) is 5.75 Å². The van der Waals surface area contributed by atoms with Crippen molar-refractivity contribution in [3.05, 3.63) is 35.9 Å². The highest BCUT2D eigenvalue weighted by molar-refractivity contribution is 5.68. The van der Waals surface area contributed by atoms with Gasteiger partial charge in [-0.25, -0.2) is 0 Å². The lowest BCUT2D eigenvalue weighted by Crippen LogP contribution is -1.92. The molecule has 0 amide bonds. The molecule has 1 N–H and O–H groups in total. The number of benzene rings is 1. The number of carboxylic acids is 1. The molecule has 0 atom stereocenters. The van der Waals surface area contributed by atoms with Crippen LogP contribution in [-0.4, -0.2) is 17.7 Å². The number of rotatable bonds is 6. The molecule has 0 aliphatic heterocycles. The Kier molecular flexibility index (Phi) is 5.27. The van der Waals surface area contributed by atoms with E-state index < -0.39 is 5.97 Å². The number of carbonyl (C=O) groups is 1. The van der Waals surface area contributed by atoms with Crippen molar-refractivity contribution in [3.63, 3.8) is 0 Å². The van der Waals surface area contributed by atoms with Crippen LogP contribution < -0.4 is 4.74 Å². The van der Waals surface area contributed by atoms with Crippen molar-refractivity contribution in [2.75, 3.05) is 6.61 Å². The Hall–Kier alpha value is -1.77. The molecule has 0 saturated heterocycles. The van der Waals surface area contributed by atoms with Crippen molar-refractivity contribution in [1.29, 1.82) is 0 Å². The molecule has 3 nitrogen and oxygen atoms in total. The van der Waals surface area contributed by atoms with Gasteiger partial charge in [0, 0.05) is 6.42 Å². The van der Waals surface area contributed by atoms with E-state index in [1.807, 2.05) is 44.2 Å². The summed E-state index contributed by atoms with van der Waals surface area (Å²) in [6.07, 6.45) is 2.69. The maximum atomic E-state index is 10.4. The van der Waals surface area contributed by atoms with Crippen LogP contribution >= 0.6 is 0 Å². The molecule has 0 aliphatic rings. The fraction of sp³-hybridized carbons (Fsp3) is 0.357. The Morgan fingerprint density at radius 3 is 2.53 bits per heavy atom. The van der Waals surface area contributed by atoms with E-state index in [-0.39, 0.29) is 6.42 Å². The molecule has 92 valence electrons. The minimum absolute atomic E-state index is 0.175. The molecule has 17 heavy (non-hydrogen) atoms. The quantitative estimate of drug-likeness (QED) is 0.821. The van der Waals surface area contributed by atoms with Gasteiger partial charge in [0.15, 0.2) is 0 Å². The smallest absolute Gasteiger partial charge is 0.303 e. The Bertz CT molecular complexity index is 390. The van der Waals surface area contributed by atoms with Gasteiger partial charge in [-0.05, 0) is 43.5 Å². The SMILES string of the molecule is CCOc1ccc(/C(C)=C/CCC(=O)O)cc1. The maximum absolute atomic E-state index is 10.4. The Morgan fingerprint density at radius 2 is 2.00 bits per heavy atom. The molecule has 0 saturated carbocycles. The van der Waals surface area contributed by atoms with Crippen LogP contribution in [0, 0.1) is 0 Å². The largest absolute Gasteiger partial charge is 0.494 e. The van der Waals surface area contributed by atoms with Crippen molar-refractivity contribution in [1.82, 2.24) is 0 Å². The van der Waals surface area contributed by atoms with Crippen LogP contribution in [0.2, 0.25) is 0 Å². The molecule has 0 unspecified atom stereocenters. The van der Waals surface area contributed by atoms with E-state index in [9.17, 15) is 4.79 Å². The summed E-state index contributed by atoms with van der Waals surface area (Å²) in [5, 5.41) is 8.55. The van der Waals surface area contributed by atoms with Gasteiger partial charge < -0.3 is 9.84 Å². The van der Waals surface area contributed by atoms with Crippen LogP contribution in [0.4, 0.5) is 0 Å². The predicted molar refractivity (Wildman–Crippen MR) is 68.1 cm³/mol.